The van der Waals surface area contributed by atoms with Crippen LogP contribution in [-0.2, 0) is 20.5 Å². The normalized spacial score (nSPS) is 11.9. The van der Waals surface area contributed by atoms with E-state index in [1.165, 1.54) is 24.7 Å². The molecule has 0 aliphatic carbocycles. The highest BCUT2D eigenvalue weighted by atomic mass is 19.4. The summed E-state index contributed by atoms with van der Waals surface area (Å²) in [6.07, 6.45) is 0.677. The van der Waals surface area contributed by atoms with Gasteiger partial charge in [-0.05, 0) is 44.4 Å². The second kappa shape index (κ2) is 11.1. The van der Waals surface area contributed by atoms with Gasteiger partial charge in [-0.1, -0.05) is 17.3 Å². The van der Waals surface area contributed by atoms with Crippen molar-refractivity contribution in [3.63, 3.8) is 0 Å². The molecule has 2 aromatic rings. The summed E-state index contributed by atoms with van der Waals surface area (Å²) in [5.74, 6) is -0.234. The molecule has 0 atom stereocenters. The predicted molar refractivity (Wildman–Crippen MR) is 100 cm³/mol. The summed E-state index contributed by atoms with van der Waals surface area (Å²) in [7, 11) is 0. The molecule has 1 aromatic carbocycles. The zero-order valence-electron chi connectivity index (χ0n) is 16.0. The Hall–Kier alpha value is -2.97. The second-order valence-corrected chi connectivity index (χ2v) is 6.06. The number of oxime groups is 1. The van der Waals surface area contributed by atoms with Gasteiger partial charge in [0, 0.05) is 18.2 Å². The van der Waals surface area contributed by atoms with E-state index in [0.717, 1.165) is 18.6 Å². The maximum atomic E-state index is 13.0. The molecule has 0 spiro atoms. The molecule has 9 heteroatoms. The third-order valence-corrected chi connectivity index (χ3v) is 3.87. The molecule has 156 valence electrons. The standard InChI is InChI=1S/C20H22F3N3O3/c1-2-28-18(27)9-4-3-5-12-29-26-19(17-10-11-24-14-25-17)15-7-6-8-16(13-15)20(21,22)23/h6-8,10-11,13-14H,2-5,9,12H2,1H3/b26-19-. The van der Waals surface area contributed by atoms with Crippen molar-refractivity contribution in [3.8, 4) is 0 Å². The number of rotatable bonds is 10. The Morgan fingerprint density at radius 3 is 2.69 bits per heavy atom. The van der Waals surface area contributed by atoms with E-state index in [4.69, 9.17) is 9.57 Å². The van der Waals surface area contributed by atoms with E-state index in [9.17, 15) is 18.0 Å². The molecule has 0 aliphatic heterocycles. The molecular weight excluding hydrogens is 387 g/mol. The fraction of sp³-hybridized carbons (Fsp3) is 0.400. The van der Waals surface area contributed by atoms with E-state index in [-0.39, 0.29) is 23.9 Å². The van der Waals surface area contributed by atoms with Crippen LogP contribution in [0.4, 0.5) is 13.2 Å². The summed E-state index contributed by atoms with van der Waals surface area (Å²) in [4.78, 5) is 24.4. The number of carbonyl (C=O) groups excluding carboxylic acids is 1. The topological polar surface area (TPSA) is 73.7 Å². The molecule has 1 heterocycles. The number of alkyl halides is 3. The number of unbranched alkanes of at least 4 members (excludes halogenated alkanes) is 2. The lowest BCUT2D eigenvalue weighted by molar-refractivity contribution is -0.143. The Morgan fingerprint density at radius 1 is 1.17 bits per heavy atom. The van der Waals surface area contributed by atoms with E-state index in [1.807, 2.05) is 0 Å². The lowest BCUT2D eigenvalue weighted by Gasteiger charge is -2.10. The zero-order chi connectivity index (χ0) is 21.1. The molecule has 29 heavy (non-hydrogen) atoms. The largest absolute Gasteiger partial charge is 0.466 e. The summed E-state index contributed by atoms with van der Waals surface area (Å²) in [6.45, 7) is 2.37. The van der Waals surface area contributed by atoms with Gasteiger partial charge in [0.2, 0.25) is 0 Å². The monoisotopic (exact) mass is 409 g/mol. The Kier molecular flexibility index (Phi) is 8.57. The first-order valence-electron chi connectivity index (χ1n) is 9.21. The first-order valence-corrected chi connectivity index (χ1v) is 9.21. The van der Waals surface area contributed by atoms with Crippen LogP contribution in [0.3, 0.4) is 0 Å². The minimum Gasteiger partial charge on any atom is -0.466 e. The van der Waals surface area contributed by atoms with Crippen molar-refractivity contribution in [2.45, 2.75) is 38.8 Å². The molecule has 0 unspecified atom stereocenters. The summed E-state index contributed by atoms with van der Waals surface area (Å²) in [6, 6.07) is 6.36. The molecule has 0 amide bonds. The van der Waals surface area contributed by atoms with E-state index in [0.29, 0.717) is 31.6 Å². The molecule has 6 nitrogen and oxygen atoms in total. The maximum Gasteiger partial charge on any atom is 0.416 e. The van der Waals surface area contributed by atoms with Gasteiger partial charge in [0.05, 0.1) is 17.9 Å². The van der Waals surface area contributed by atoms with Gasteiger partial charge in [-0.2, -0.15) is 13.2 Å². The third kappa shape index (κ3) is 7.52. The number of carbonyl (C=O) groups is 1. The number of hydrogen-bond donors (Lipinski definition) is 0. The molecule has 0 fully saturated rings. The van der Waals surface area contributed by atoms with Gasteiger partial charge >= 0.3 is 12.1 Å². The quantitative estimate of drug-likeness (QED) is 0.252. The summed E-state index contributed by atoms with van der Waals surface area (Å²) < 4.78 is 44.0. The summed E-state index contributed by atoms with van der Waals surface area (Å²) in [5, 5.41) is 4.02. The Labute approximate surface area is 166 Å². The molecule has 0 aliphatic rings. The minimum absolute atomic E-state index is 0.185. The third-order valence-electron chi connectivity index (χ3n) is 3.87. The fourth-order valence-corrected chi connectivity index (χ4v) is 2.48. The van der Waals surface area contributed by atoms with Crippen molar-refractivity contribution in [1.82, 2.24) is 9.97 Å². The van der Waals surface area contributed by atoms with Crippen LogP contribution in [-0.4, -0.2) is 34.9 Å². The van der Waals surface area contributed by atoms with Gasteiger partial charge in [0.25, 0.3) is 0 Å². The van der Waals surface area contributed by atoms with Crippen molar-refractivity contribution in [1.29, 1.82) is 0 Å². The van der Waals surface area contributed by atoms with E-state index in [1.54, 1.807) is 13.0 Å². The van der Waals surface area contributed by atoms with Crippen molar-refractivity contribution < 1.29 is 27.5 Å². The van der Waals surface area contributed by atoms with Gasteiger partial charge in [-0.25, -0.2) is 9.97 Å². The van der Waals surface area contributed by atoms with E-state index < -0.39 is 11.7 Å². The molecule has 0 radical (unpaired) electrons. The van der Waals surface area contributed by atoms with Crippen LogP contribution in [0.1, 0.15) is 49.4 Å². The molecule has 0 saturated carbocycles. The number of esters is 1. The first kappa shape index (κ1) is 22.3. The van der Waals surface area contributed by atoms with Crippen LogP contribution >= 0.6 is 0 Å². The maximum absolute atomic E-state index is 13.0. The van der Waals surface area contributed by atoms with E-state index >= 15 is 0 Å². The average Bonchev–Trinajstić information content (AvgIpc) is 2.70. The molecule has 2 rings (SSSR count). The Bertz CT molecular complexity index is 811. The van der Waals surface area contributed by atoms with Crippen LogP contribution in [0.15, 0.2) is 48.0 Å². The number of nitrogens with zero attached hydrogens (tertiary/aromatic N) is 3. The highest BCUT2D eigenvalue weighted by Gasteiger charge is 2.30. The molecule has 0 saturated heterocycles. The van der Waals surface area contributed by atoms with Crippen LogP contribution in [0.5, 0.6) is 0 Å². The Balaban J connectivity index is 2.02. The number of benzene rings is 1. The van der Waals surface area contributed by atoms with Crippen LogP contribution < -0.4 is 0 Å². The SMILES string of the molecule is CCOC(=O)CCCCCO/N=C(/c1cccc(C(F)(F)F)c1)c1ccncn1. The lowest BCUT2D eigenvalue weighted by atomic mass is 10.0. The predicted octanol–water partition coefficient (Wildman–Crippen LogP) is 4.39. The van der Waals surface area contributed by atoms with Gasteiger partial charge in [0.1, 0.15) is 18.6 Å². The van der Waals surface area contributed by atoms with Crippen molar-refractivity contribution in [3.05, 3.63) is 59.7 Å². The van der Waals surface area contributed by atoms with Gasteiger partial charge in [0.15, 0.2) is 0 Å². The number of hydrogen-bond acceptors (Lipinski definition) is 6. The van der Waals surface area contributed by atoms with E-state index in [2.05, 4.69) is 15.1 Å². The second-order valence-electron chi connectivity index (χ2n) is 6.06. The van der Waals surface area contributed by atoms with Crippen molar-refractivity contribution in [2.75, 3.05) is 13.2 Å². The summed E-state index contributed by atoms with van der Waals surface area (Å²) >= 11 is 0. The summed E-state index contributed by atoms with van der Waals surface area (Å²) in [5.41, 5.74) is -0.0109. The van der Waals surface area contributed by atoms with Crippen LogP contribution in [0.2, 0.25) is 0 Å². The molecule has 0 bridgehead atoms. The highest BCUT2D eigenvalue weighted by molar-refractivity contribution is 6.11. The van der Waals surface area contributed by atoms with Crippen molar-refractivity contribution in [2.24, 2.45) is 5.16 Å². The molecule has 1 aromatic heterocycles. The molecule has 0 N–H and O–H groups in total. The number of aromatic nitrogens is 2. The fourth-order valence-electron chi connectivity index (χ4n) is 2.48. The van der Waals surface area contributed by atoms with Gasteiger partial charge in [-0.15, -0.1) is 0 Å². The number of ether oxygens (including phenoxy) is 1. The average molecular weight is 409 g/mol. The molecular formula is C20H22F3N3O3. The first-order chi connectivity index (χ1) is 13.9. The van der Waals surface area contributed by atoms with Gasteiger partial charge in [-0.3, -0.25) is 4.79 Å². The lowest BCUT2D eigenvalue weighted by Crippen LogP contribution is -2.11. The van der Waals surface area contributed by atoms with Crippen LogP contribution in [0, 0.1) is 0 Å². The van der Waals surface area contributed by atoms with Crippen LogP contribution in [0.25, 0.3) is 0 Å². The number of halogens is 3. The highest BCUT2D eigenvalue weighted by Crippen LogP contribution is 2.30. The van der Waals surface area contributed by atoms with Gasteiger partial charge < -0.3 is 9.57 Å². The smallest absolute Gasteiger partial charge is 0.416 e. The zero-order valence-corrected chi connectivity index (χ0v) is 16.0. The minimum atomic E-state index is -4.47. The Morgan fingerprint density at radius 2 is 2.00 bits per heavy atom. The van der Waals surface area contributed by atoms with Crippen molar-refractivity contribution >= 4 is 11.7 Å².